The summed E-state index contributed by atoms with van der Waals surface area (Å²) in [7, 11) is 0. The molecule has 21 heavy (non-hydrogen) atoms. The summed E-state index contributed by atoms with van der Waals surface area (Å²) in [6.45, 7) is -2.85. The van der Waals surface area contributed by atoms with E-state index in [2.05, 4.69) is 15.4 Å². The lowest BCUT2D eigenvalue weighted by atomic mass is 10.3. The molecule has 110 valence electrons. The fourth-order valence-electron chi connectivity index (χ4n) is 1.56. The first-order valence-electron chi connectivity index (χ1n) is 5.95. The van der Waals surface area contributed by atoms with Crippen LogP contribution in [0.3, 0.4) is 0 Å². The van der Waals surface area contributed by atoms with Crippen LogP contribution >= 0.6 is 12.2 Å². The Morgan fingerprint density at radius 2 is 1.43 bits per heavy atom. The predicted molar refractivity (Wildman–Crippen MR) is 81.0 cm³/mol. The summed E-state index contributed by atoms with van der Waals surface area (Å²) < 4.78 is 28.3. The molecule has 0 bridgehead atoms. The fourth-order valence-corrected chi connectivity index (χ4v) is 1.79. The molecule has 2 aromatic rings. The maximum Gasteiger partial charge on any atom is 0.387 e. The predicted octanol–water partition coefficient (Wildman–Crippen LogP) is 3.80. The van der Waals surface area contributed by atoms with Crippen molar-refractivity contribution in [1.82, 2.24) is 0 Å². The number of phenols is 1. The number of halogens is 2. The Morgan fingerprint density at radius 3 is 1.90 bits per heavy atom. The number of alkyl halides is 2. The Balaban J connectivity index is 1.91. The largest absolute Gasteiger partial charge is 0.508 e. The summed E-state index contributed by atoms with van der Waals surface area (Å²) in [5.74, 6) is 0.238. The van der Waals surface area contributed by atoms with Crippen LogP contribution in [0.1, 0.15) is 0 Å². The summed E-state index contributed by atoms with van der Waals surface area (Å²) in [6.07, 6.45) is 0. The first kappa shape index (κ1) is 15.0. The number of ether oxygens (including phenoxy) is 1. The van der Waals surface area contributed by atoms with Crippen LogP contribution in [0, 0.1) is 0 Å². The molecule has 0 fully saturated rings. The number of anilines is 2. The Morgan fingerprint density at radius 1 is 0.952 bits per heavy atom. The lowest BCUT2D eigenvalue weighted by Gasteiger charge is -2.11. The van der Waals surface area contributed by atoms with Crippen LogP contribution in [-0.2, 0) is 0 Å². The second-order valence-corrected chi connectivity index (χ2v) is 4.44. The van der Waals surface area contributed by atoms with Crippen molar-refractivity contribution < 1.29 is 18.6 Å². The highest BCUT2D eigenvalue weighted by atomic mass is 32.1. The monoisotopic (exact) mass is 310 g/mol. The van der Waals surface area contributed by atoms with E-state index in [0.29, 0.717) is 16.5 Å². The standard InChI is InChI=1S/C14H12F2N2O2S/c15-13(16)20-12-7-3-10(4-8-12)18-14(21)17-9-1-5-11(19)6-2-9/h1-8,13,19H,(H2,17,18,21). The summed E-state index contributed by atoms with van der Waals surface area (Å²) in [5.41, 5.74) is 1.34. The zero-order valence-corrected chi connectivity index (χ0v) is 11.5. The maximum atomic E-state index is 12.0. The molecule has 0 spiro atoms. The minimum atomic E-state index is -2.85. The van der Waals surface area contributed by atoms with Gasteiger partial charge in [0.1, 0.15) is 11.5 Å². The van der Waals surface area contributed by atoms with E-state index < -0.39 is 6.61 Å². The molecule has 0 heterocycles. The number of hydrogen-bond acceptors (Lipinski definition) is 3. The van der Waals surface area contributed by atoms with Crippen LogP contribution in [0.5, 0.6) is 11.5 Å². The van der Waals surface area contributed by atoms with Gasteiger partial charge in [0, 0.05) is 11.4 Å². The van der Waals surface area contributed by atoms with Gasteiger partial charge < -0.3 is 20.5 Å². The van der Waals surface area contributed by atoms with Crippen LogP contribution in [-0.4, -0.2) is 16.8 Å². The number of thiocarbonyl (C=S) groups is 1. The van der Waals surface area contributed by atoms with Crippen LogP contribution in [0.2, 0.25) is 0 Å². The molecule has 0 radical (unpaired) electrons. The summed E-state index contributed by atoms with van der Waals surface area (Å²) in [5, 5.41) is 15.3. The van der Waals surface area contributed by atoms with Gasteiger partial charge in [-0.2, -0.15) is 8.78 Å². The van der Waals surface area contributed by atoms with Crippen molar-refractivity contribution in [3.8, 4) is 11.5 Å². The summed E-state index contributed by atoms with van der Waals surface area (Å²) in [4.78, 5) is 0. The van der Waals surface area contributed by atoms with Gasteiger partial charge in [0.25, 0.3) is 0 Å². The number of benzene rings is 2. The highest BCUT2D eigenvalue weighted by Crippen LogP contribution is 2.18. The molecule has 0 aliphatic rings. The Hall–Kier alpha value is -2.41. The van der Waals surface area contributed by atoms with E-state index in [0.717, 1.165) is 0 Å². The minimum absolute atomic E-state index is 0.0768. The average Bonchev–Trinajstić information content (AvgIpc) is 2.43. The quantitative estimate of drug-likeness (QED) is 0.592. The molecule has 0 unspecified atom stereocenters. The van der Waals surface area contributed by atoms with Crippen molar-refractivity contribution in [3.63, 3.8) is 0 Å². The highest BCUT2D eigenvalue weighted by Gasteiger charge is 2.04. The SMILES string of the molecule is Oc1ccc(NC(=S)Nc2ccc(OC(F)F)cc2)cc1. The van der Waals surface area contributed by atoms with Gasteiger partial charge in [-0.05, 0) is 60.7 Å². The van der Waals surface area contributed by atoms with Gasteiger partial charge in [0.05, 0.1) is 0 Å². The second-order valence-electron chi connectivity index (χ2n) is 4.03. The Kier molecular flexibility index (Phi) is 4.89. The van der Waals surface area contributed by atoms with Crippen LogP contribution in [0.15, 0.2) is 48.5 Å². The highest BCUT2D eigenvalue weighted by molar-refractivity contribution is 7.80. The van der Waals surface area contributed by atoms with Crippen molar-refractivity contribution in [2.24, 2.45) is 0 Å². The number of phenolic OH excluding ortho intramolecular Hbond substituents is 1. The summed E-state index contributed by atoms with van der Waals surface area (Å²) in [6, 6.07) is 12.4. The zero-order valence-electron chi connectivity index (χ0n) is 10.7. The molecule has 0 saturated carbocycles. The van der Waals surface area contributed by atoms with Gasteiger partial charge in [-0.25, -0.2) is 0 Å². The molecule has 2 rings (SSSR count). The molecule has 0 amide bonds. The van der Waals surface area contributed by atoms with E-state index in [1.807, 2.05) is 0 Å². The van der Waals surface area contributed by atoms with E-state index in [4.69, 9.17) is 12.2 Å². The van der Waals surface area contributed by atoms with E-state index in [9.17, 15) is 13.9 Å². The van der Waals surface area contributed by atoms with Crippen LogP contribution in [0.4, 0.5) is 20.2 Å². The van der Waals surface area contributed by atoms with E-state index in [1.165, 1.54) is 24.3 Å². The first-order chi connectivity index (χ1) is 10.0. The smallest absolute Gasteiger partial charge is 0.387 e. The molecule has 0 aromatic heterocycles. The molecule has 7 heteroatoms. The Bertz CT molecular complexity index is 603. The second kappa shape index (κ2) is 6.85. The average molecular weight is 310 g/mol. The minimum Gasteiger partial charge on any atom is -0.508 e. The van der Waals surface area contributed by atoms with E-state index in [-0.39, 0.29) is 11.5 Å². The first-order valence-corrected chi connectivity index (χ1v) is 6.35. The van der Waals surface area contributed by atoms with Gasteiger partial charge in [0.2, 0.25) is 0 Å². The van der Waals surface area contributed by atoms with Crippen molar-refractivity contribution in [2.75, 3.05) is 10.6 Å². The maximum absolute atomic E-state index is 12.0. The molecule has 3 N–H and O–H groups in total. The normalized spacial score (nSPS) is 10.2. The van der Waals surface area contributed by atoms with Gasteiger partial charge >= 0.3 is 6.61 Å². The number of hydrogen-bond donors (Lipinski definition) is 3. The molecule has 2 aromatic carbocycles. The molecule has 0 atom stereocenters. The molecule has 0 aliphatic heterocycles. The lowest BCUT2D eigenvalue weighted by molar-refractivity contribution is -0.0498. The van der Waals surface area contributed by atoms with Crippen molar-refractivity contribution >= 4 is 28.7 Å². The van der Waals surface area contributed by atoms with E-state index >= 15 is 0 Å². The van der Waals surface area contributed by atoms with Gasteiger partial charge in [0.15, 0.2) is 5.11 Å². The fraction of sp³-hybridized carbons (Fsp3) is 0.0714. The van der Waals surface area contributed by atoms with Gasteiger partial charge in [-0.3, -0.25) is 0 Å². The van der Waals surface area contributed by atoms with E-state index in [1.54, 1.807) is 24.3 Å². The zero-order chi connectivity index (χ0) is 15.2. The van der Waals surface area contributed by atoms with Crippen LogP contribution in [0.25, 0.3) is 0 Å². The van der Waals surface area contributed by atoms with Crippen molar-refractivity contribution in [2.45, 2.75) is 6.61 Å². The lowest BCUT2D eigenvalue weighted by Crippen LogP contribution is -2.18. The molecular weight excluding hydrogens is 298 g/mol. The molecular formula is C14H12F2N2O2S. The summed E-state index contributed by atoms with van der Waals surface area (Å²) >= 11 is 5.12. The molecule has 4 nitrogen and oxygen atoms in total. The van der Waals surface area contributed by atoms with Crippen LogP contribution < -0.4 is 15.4 Å². The molecule has 0 saturated heterocycles. The number of rotatable bonds is 4. The molecule has 0 aliphatic carbocycles. The topological polar surface area (TPSA) is 53.5 Å². The van der Waals surface area contributed by atoms with Gasteiger partial charge in [-0.15, -0.1) is 0 Å². The third kappa shape index (κ3) is 4.88. The third-order valence-corrected chi connectivity index (χ3v) is 2.67. The number of nitrogens with one attached hydrogen (secondary N) is 2. The Labute approximate surface area is 125 Å². The number of aromatic hydroxyl groups is 1. The van der Waals surface area contributed by atoms with Crippen molar-refractivity contribution in [3.05, 3.63) is 48.5 Å². The van der Waals surface area contributed by atoms with Crippen molar-refractivity contribution in [1.29, 1.82) is 0 Å². The van der Waals surface area contributed by atoms with Gasteiger partial charge in [-0.1, -0.05) is 0 Å². The third-order valence-electron chi connectivity index (χ3n) is 2.46.